The standard InChI is InChI=1S/C63H39N5S/c1-4-14-41(15-5-1)61-64-62(42-16-6-2-7-17-42)66-63(65-61)46-26-32-51-54-38-43(29-35-59(54)69-60(51)39-46)40-24-30-48(31-25-40)68-56-23-13-11-21-50(56)53-37-45(28-34-58(53)68)44-27-33-57-52(36-44)49-20-10-12-22-55(49)67(57)47-18-8-3-9-19-47/h1-39H. The largest absolute Gasteiger partial charge is 0.309 e. The number of fused-ring (bicyclic) bond motifs is 9. The SMILES string of the molecule is c1ccc(-c2nc(-c3ccccc3)nc(-c3ccc4c(c3)sc3ccc(-c5ccc(-n6c7ccccc7c7cc(-c8ccc9c(c8)c8ccccc8n9-c8ccccc8)ccc76)cc5)cc34)n2)cc1. The van der Waals surface area contributed by atoms with E-state index in [2.05, 4.69) is 185 Å². The Hall–Kier alpha value is -8.97. The van der Waals surface area contributed by atoms with Crippen LogP contribution in [0, 0.1) is 0 Å². The van der Waals surface area contributed by atoms with Crippen molar-refractivity contribution >= 4 is 75.1 Å². The van der Waals surface area contributed by atoms with Crippen LogP contribution >= 0.6 is 11.3 Å². The van der Waals surface area contributed by atoms with Gasteiger partial charge in [-0.05, 0) is 101 Å². The number of thiophene rings is 1. The van der Waals surface area contributed by atoms with Gasteiger partial charge in [-0.25, -0.2) is 15.0 Å². The van der Waals surface area contributed by atoms with Gasteiger partial charge in [0.15, 0.2) is 17.5 Å². The van der Waals surface area contributed by atoms with Crippen LogP contribution in [0.25, 0.3) is 132 Å². The molecular formula is C63H39N5S. The van der Waals surface area contributed by atoms with Gasteiger partial charge in [-0.1, -0.05) is 158 Å². The molecular weight excluding hydrogens is 859 g/mol. The second-order valence-corrected chi connectivity index (χ2v) is 18.7. The topological polar surface area (TPSA) is 48.5 Å². The van der Waals surface area contributed by atoms with Crippen LogP contribution < -0.4 is 0 Å². The zero-order chi connectivity index (χ0) is 45.4. The first-order valence-electron chi connectivity index (χ1n) is 23.3. The molecule has 6 heteroatoms. The van der Waals surface area contributed by atoms with E-state index in [1.807, 2.05) is 60.7 Å². The first-order chi connectivity index (χ1) is 34.2. The second kappa shape index (κ2) is 15.8. The number of para-hydroxylation sites is 3. The highest BCUT2D eigenvalue weighted by Crippen LogP contribution is 2.41. The summed E-state index contributed by atoms with van der Waals surface area (Å²) in [4.78, 5) is 14.9. The molecule has 10 aromatic carbocycles. The Bertz CT molecular complexity index is 4230. The Balaban J connectivity index is 0.802. The lowest BCUT2D eigenvalue weighted by Gasteiger charge is -2.10. The summed E-state index contributed by atoms with van der Waals surface area (Å²) in [6.45, 7) is 0. The van der Waals surface area contributed by atoms with E-state index in [-0.39, 0.29) is 0 Å². The molecule has 0 N–H and O–H groups in total. The van der Waals surface area contributed by atoms with E-state index in [4.69, 9.17) is 15.0 Å². The smallest absolute Gasteiger partial charge is 0.164 e. The Morgan fingerprint density at radius 1 is 0.246 bits per heavy atom. The maximum Gasteiger partial charge on any atom is 0.164 e. The molecule has 0 fully saturated rings. The molecule has 0 spiro atoms. The summed E-state index contributed by atoms with van der Waals surface area (Å²) in [7, 11) is 0. The number of hydrogen-bond acceptors (Lipinski definition) is 4. The molecule has 0 radical (unpaired) electrons. The molecule has 322 valence electrons. The lowest BCUT2D eigenvalue weighted by atomic mass is 10.0. The van der Waals surface area contributed by atoms with Crippen LogP contribution in [-0.4, -0.2) is 24.1 Å². The highest BCUT2D eigenvalue weighted by Gasteiger charge is 2.18. The van der Waals surface area contributed by atoms with Crippen LogP contribution in [0.5, 0.6) is 0 Å². The minimum absolute atomic E-state index is 0.660. The maximum absolute atomic E-state index is 5.00. The quantitative estimate of drug-likeness (QED) is 0.160. The molecule has 0 atom stereocenters. The van der Waals surface area contributed by atoms with Gasteiger partial charge in [0.2, 0.25) is 0 Å². The molecule has 4 heterocycles. The zero-order valence-electron chi connectivity index (χ0n) is 37.2. The normalized spacial score (nSPS) is 11.8. The van der Waals surface area contributed by atoms with Crippen LogP contribution in [-0.2, 0) is 0 Å². The average Bonchev–Trinajstić information content (AvgIpc) is 4.08. The summed E-state index contributed by atoms with van der Waals surface area (Å²) in [6, 6.07) is 84.8. The van der Waals surface area contributed by atoms with Crippen LogP contribution in [0.2, 0.25) is 0 Å². The Morgan fingerprint density at radius 3 is 1.25 bits per heavy atom. The van der Waals surface area contributed by atoms with E-state index in [1.165, 1.54) is 91.7 Å². The number of benzene rings is 10. The molecule has 69 heavy (non-hydrogen) atoms. The van der Waals surface area contributed by atoms with Gasteiger partial charge in [0.05, 0.1) is 22.1 Å². The maximum atomic E-state index is 5.00. The molecule has 0 amide bonds. The fourth-order valence-corrected chi connectivity index (χ4v) is 11.4. The second-order valence-electron chi connectivity index (χ2n) is 17.6. The number of hydrogen-bond donors (Lipinski definition) is 0. The van der Waals surface area contributed by atoms with Gasteiger partial charge >= 0.3 is 0 Å². The zero-order valence-corrected chi connectivity index (χ0v) is 38.0. The summed E-state index contributed by atoms with van der Waals surface area (Å²) < 4.78 is 7.22. The van der Waals surface area contributed by atoms with E-state index in [0.29, 0.717) is 17.5 Å². The van der Waals surface area contributed by atoms with E-state index in [9.17, 15) is 0 Å². The minimum atomic E-state index is 0.660. The van der Waals surface area contributed by atoms with Crippen molar-refractivity contribution in [3.63, 3.8) is 0 Å². The molecule has 0 unspecified atom stereocenters. The number of rotatable bonds is 7. The van der Waals surface area contributed by atoms with Crippen molar-refractivity contribution in [2.75, 3.05) is 0 Å². The molecule has 5 nitrogen and oxygen atoms in total. The summed E-state index contributed by atoms with van der Waals surface area (Å²) in [5.41, 5.74) is 14.7. The third kappa shape index (κ3) is 6.56. The lowest BCUT2D eigenvalue weighted by molar-refractivity contribution is 1.07. The molecule has 14 rings (SSSR count). The molecule has 0 saturated heterocycles. The van der Waals surface area contributed by atoms with Gasteiger partial charge in [0, 0.05) is 69.8 Å². The first kappa shape index (κ1) is 39.2. The predicted molar refractivity (Wildman–Crippen MR) is 289 cm³/mol. The monoisotopic (exact) mass is 897 g/mol. The average molecular weight is 898 g/mol. The summed E-state index contributed by atoms with van der Waals surface area (Å²) >= 11 is 1.80. The van der Waals surface area contributed by atoms with Crippen molar-refractivity contribution in [3.8, 4) is 67.8 Å². The molecule has 4 aromatic heterocycles. The highest BCUT2D eigenvalue weighted by molar-refractivity contribution is 7.25. The van der Waals surface area contributed by atoms with Crippen LogP contribution in [0.15, 0.2) is 237 Å². The molecule has 0 saturated carbocycles. The summed E-state index contributed by atoms with van der Waals surface area (Å²) in [5.74, 6) is 1.98. The number of nitrogens with zero attached hydrogens (tertiary/aromatic N) is 5. The Kier molecular flexibility index (Phi) is 9.00. The van der Waals surface area contributed by atoms with Gasteiger partial charge < -0.3 is 9.13 Å². The third-order valence-electron chi connectivity index (χ3n) is 13.6. The molecule has 0 aliphatic rings. The van der Waals surface area contributed by atoms with Crippen molar-refractivity contribution in [2.45, 2.75) is 0 Å². The van der Waals surface area contributed by atoms with Gasteiger partial charge in [0.25, 0.3) is 0 Å². The molecule has 14 aromatic rings. The van der Waals surface area contributed by atoms with Crippen LogP contribution in [0.1, 0.15) is 0 Å². The van der Waals surface area contributed by atoms with Crippen molar-refractivity contribution < 1.29 is 0 Å². The van der Waals surface area contributed by atoms with Crippen molar-refractivity contribution in [1.29, 1.82) is 0 Å². The fraction of sp³-hybridized carbons (Fsp3) is 0. The van der Waals surface area contributed by atoms with E-state index in [1.54, 1.807) is 11.3 Å². The Morgan fingerprint density at radius 2 is 0.667 bits per heavy atom. The lowest BCUT2D eigenvalue weighted by Crippen LogP contribution is -1.99. The van der Waals surface area contributed by atoms with Crippen LogP contribution in [0.3, 0.4) is 0 Å². The first-order valence-corrected chi connectivity index (χ1v) is 24.1. The van der Waals surface area contributed by atoms with Gasteiger partial charge in [-0.3, -0.25) is 0 Å². The van der Waals surface area contributed by atoms with Crippen molar-refractivity contribution in [3.05, 3.63) is 237 Å². The third-order valence-corrected chi connectivity index (χ3v) is 14.7. The summed E-state index contributed by atoms with van der Waals surface area (Å²) in [5, 5.41) is 7.45. The minimum Gasteiger partial charge on any atom is -0.309 e. The highest BCUT2D eigenvalue weighted by atomic mass is 32.1. The summed E-state index contributed by atoms with van der Waals surface area (Å²) in [6.07, 6.45) is 0. The number of aromatic nitrogens is 5. The van der Waals surface area contributed by atoms with E-state index < -0.39 is 0 Å². The molecule has 0 aliphatic carbocycles. The van der Waals surface area contributed by atoms with E-state index >= 15 is 0 Å². The molecule has 0 bridgehead atoms. The predicted octanol–water partition coefficient (Wildman–Crippen LogP) is 16.8. The fourth-order valence-electron chi connectivity index (χ4n) is 10.3. The van der Waals surface area contributed by atoms with Gasteiger partial charge in [0.1, 0.15) is 0 Å². The van der Waals surface area contributed by atoms with E-state index in [0.717, 1.165) is 22.4 Å². The Labute approximate surface area is 401 Å². The van der Waals surface area contributed by atoms with Gasteiger partial charge in [-0.2, -0.15) is 0 Å². The molecule has 0 aliphatic heterocycles. The van der Waals surface area contributed by atoms with Gasteiger partial charge in [-0.15, -0.1) is 11.3 Å². The van der Waals surface area contributed by atoms with Crippen LogP contribution in [0.4, 0.5) is 0 Å². The van der Waals surface area contributed by atoms with Crippen molar-refractivity contribution in [2.24, 2.45) is 0 Å². The van der Waals surface area contributed by atoms with Crippen molar-refractivity contribution in [1.82, 2.24) is 24.1 Å².